The maximum absolute atomic E-state index is 12.7. The van der Waals surface area contributed by atoms with E-state index in [4.69, 9.17) is 4.42 Å². The summed E-state index contributed by atoms with van der Waals surface area (Å²) in [5.74, 6) is 1.17. The van der Waals surface area contributed by atoms with Crippen molar-refractivity contribution in [1.82, 2.24) is 14.8 Å². The van der Waals surface area contributed by atoms with Gasteiger partial charge < -0.3 is 9.73 Å². The number of aryl methyl sites for hydroxylation is 2. The second-order valence-corrected chi connectivity index (χ2v) is 7.51. The summed E-state index contributed by atoms with van der Waals surface area (Å²) in [5, 5.41) is 11.8. The van der Waals surface area contributed by atoms with Gasteiger partial charge in [-0.25, -0.2) is 0 Å². The van der Waals surface area contributed by atoms with Gasteiger partial charge in [0.1, 0.15) is 0 Å². The van der Waals surface area contributed by atoms with Crippen molar-refractivity contribution in [2.45, 2.75) is 37.7 Å². The molecule has 0 saturated heterocycles. The van der Waals surface area contributed by atoms with Crippen LogP contribution in [0.3, 0.4) is 0 Å². The van der Waals surface area contributed by atoms with Gasteiger partial charge in [-0.15, -0.1) is 16.8 Å². The molecule has 0 aliphatic carbocycles. The Hall–Kier alpha value is -2.80. The van der Waals surface area contributed by atoms with Crippen LogP contribution in [0.15, 0.2) is 58.8 Å². The first-order valence-corrected chi connectivity index (χ1v) is 9.51. The van der Waals surface area contributed by atoms with Crippen LogP contribution in [0.1, 0.15) is 18.1 Å². The molecule has 2 heterocycles. The minimum atomic E-state index is -0.346. The van der Waals surface area contributed by atoms with E-state index in [9.17, 15) is 4.79 Å². The van der Waals surface area contributed by atoms with Gasteiger partial charge in [0.25, 0.3) is 0 Å². The van der Waals surface area contributed by atoms with Gasteiger partial charge in [0.15, 0.2) is 10.9 Å². The quantitative estimate of drug-likeness (QED) is 0.482. The second-order valence-electron chi connectivity index (χ2n) is 6.20. The van der Waals surface area contributed by atoms with Gasteiger partial charge in [0.2, 0.25) is 11.7 Å². The topological polar surface area (TPSA) is 73.0 Å². The molecule has 0 radical (unpaired) electrons. The van der Waals surface area contributed by atoms with E-state index < -0.39 is 0 Å². The van der Waals surface area contributed by atoms with Crippen molar-refractivity contribution in [3.05, 3.63) is 60.4 Å². The number of furan rings is 1. The first kappa shape index (κ1) is 19.0. The Kier molecular flexibility index (Phi) is 5.81. The molecule has 0 aliphatic rings. The number of amides is 1. The lowest BCUT2D eigenvalue weighted by molar-refractivity contribution is -0.115. The lowest BCUT2D eigenvalue weighted by Crippen LogP contribution is -2.24. The third-order valence-corrected chi connectivity index (χ3v) is 5.23. The molecule has 0 bridgehead atoms. The molecule has 7 heteroatoms. The number of para-hydroxylation sites is 1. The fraction of sp³-hybridized carbons (Fsp3) is 0.250. The predicted octanol–water partition coefficient (Wildman–Crippen LogP) is 4.46. The Bertz CT molecular complexity index is 927. The molecule has 0 fully saturated rings. The van der Waals surface area contributed by atoms with Gasteiger partial charge in [0.05, 0.1) is 11.5 Å². The minimum Gasteiger partial charge on any atom is -0.461 e. The molecule has 0 aliphatic heterocycles. The van der Waals surface area contributed by atoms with Gasteiger partial charge in [0, 0.05) is 12.2 Å². The summed E-state index contributed by atoms with van der Waals surface area (Å²) in [6, 6.07) is 9.57. The van der Waals surface area contributed by atoms with Gasteiger partial charge in [-0.2, -0.15) is 0 Å². The summed E-state index contributed by atoms with van der Waals surface area (Å²) in [5.41, 5.74) is 2.93. The lowest BCUT2D eigenvalue weighted by Gasteiger charge is -2.15. The molecule has 0 saturated carbocycles. The summed E-state index contributed by atoms with van der Waals surface area (Å²) >= 11 is 1.36. The number of carbonyl (C=O) groups is 1. The average molecular weight is 382 g/mol. The van der Waals surface area contributed by atoms with E-state index in [-0.39, 0.29) is 11.2 Å². The number of rotatable bonds is 7. The molecule has 1 aromatic carbocycles. The van der Waals surface area contributed by atoms with E-state index in [1.165, 1.54) is 11.8 Å². The zero-order valence-corrected chi connectivity index (χ0v) is 16.4. The van der Waals surface area contributed by atoms with Gasteiger partial charge in [-0.05, 0) is 44.0 Å². The van der Waals surface area contributed by atoms with E-state index in [0.29, 0.717) is 23.3 Å². The van der Waals surface area contributed by atoms with E-state index >= 15 is 0 Å². The molecule has 1 N–H and O–H groups in total. The van der Waals surface area contributed by atoms with Crippen molar-refractivity contribution in [2.24, 2.45) is 0 Å². The molecule has 1 atom stereocenters. The van der Waals surface area contributed by atoms with Crippen LogP contribution in [0.25, 0.3) is 11.6 Å². The number of hydrogen-bond donors (Lipinski definition) is 1. The Labute approximate surface area is 162 Å². The number of aromatic nitrogens is 3. The van der Waals surface area contributed by atoms with Crippen LogP contribution in [0.4, 0.5) is 5.69 Å². The average Bonchev–Trinajstić information content (AvgIpc) is 3.29. The van der Waals surface area contributed by atoms with E-state index in [1.54, 1.807) is 18.4 Å². The van der Waals surface area contributed by atoms with Crippen LogP contribution >= 0.6 is 11.8 Å². The molecule has 140 valence electrons. The number of hydrogen-bond acceptors (Lipinski definition) is 5. The predicted molar refractivity (Wildman–Crippen MR) is 108 cm³/mol. The van der Waals surface area contributed by atoms with Crippen LogP contribution in [0.2, 0.25) is 0 Å². The summed E-state index contributed by atoms with van der Waals surface area (Å²) in [6.07, 6.45) is 3.36. The standard InChI is InChI=1S/C20H22N4O2S/c1-5-11-24-18(16-10-7-12-26-16)22-23-20(24)27-15(4)19(25)21-17-13(2)8-6-9-14(17)3/h5-10,12,15H,1,11H2,2-4H3,(H,21,25). The number of nitrogens with one attached hydrogen (secondary N) is 1. The number of benzene rings is 1. The third-order valence-electron chi connectivity index (χ3n) is 4.15. The molecule has 6 nitrogen and oxygen atoms in total. The molecule has 2 aromatic heterocycles. The molecule has 1 amide bonds. The maximum Gasteiger partial charge on any atom is 0.237 e. The SMILES string of the molecule is C=CCn1c(SC(C)C(=O)Nc2c(C)cccc2C)nnc1-c1ccco1. The fourth-order valence-corrected chi connectivity index (χ4v) is 3.56. The Morgan fingerprint density at radius 2 is 2.04 bits per heavy atom. The van der Waals surface area contributed by atoms with E-state index in [1.807, 2.05) is 49.6 Å². The highest BCUT2D eigenvalue weighted by molar-refractivity contribution is 8.00. The molecular formula is C20H22N4O2S. The monoisotopic (exact) mass is 382 g/mol. The zero-order chi connectivity index (χ0) is 19.4. The van der Waals surface area contributed by atoms with Crippen LogP contribution in [-0.4, -0.2) is 25.9 Å². The smallest absolute Gasteiger partial charge is 0.237 e. The van der Waals surface area contributed by atoms with Crippen molar-refractivity contribution >= 4 is 23.4 Å². The summed E-state index contributed by atoms with van der Waals surface area (Å²) in [7, 11) is 0. The molecular weight excluding hydrogens is 360 g/mol. The van der Waals surface area contributed by atoms with Gasteiger partial charge >= 0.3 is 0 Å². The van der Waals surface area contributed by atoms with E-state index in [0.717, 1.165) is 16.8 Å². The van der Waals surface area contributed by atoms with Crippen LogP contribution in [0.5, 0.6) is 0 Å². The second kappa shape index (κ2) is 8.26. The van der Waals surface area contributed by atoms with Crippen molar-refractivity contribution < 1.29 is 9.21 Å². The number of nitrogens with zero attached hydrogens (tertiary/aromatic N) is 3. The molecule has 27 heavy (non-hydrogen) atoms. The van der Waals surface area contributed by atoms with Crippen LogP contribution in [0, 0.1) is 13.8 Å². The summed E-state index contributed by atoms with van der Waals surface area (Å²) < 4.78 is 7.32. The van der Waals surface area contributed by atoms with Gasteiger partial charge in [-0.3, -0.25) is 9.36 Å². The largest absolute Gasteiger partial charge is 0.461 e. The minimum absolute atomic E-state index is 0.0786. The van der Waals surface area contributed by atoms with E-state index in [2.05, 4.69) is 22.1 Å². The summed E-state index contributed by atoms with van der Waals surface area (Å²) in [6.45, 7) is 10.1. The van der Waals surface area contributed by atoms with Crippen molar-refractivity contribution in [2.75, 3.05) is 5.32 Å². The Balaban J connectivity index is 1.78. The van der Waals surface area contributed by atoms with Crippen molar-refractivity contribution in [1.29, 1.82) is 0 Å². The highest BCUT2D eigenvalue weighted by Gasteiger charge is 2.22. The lowest BCUT2D eigenvalue weighted by atomic mass is 10.1. The van der Waals surface area contributed by atoms with Crippen LogP contribution in [-0.2, 0) is 11.3 Å². The Morgan fingerprint density at radius 3 is 2.67 bits per heavy atom. The third kappa shape index (κ3) is 4.14. The fourth-order valence-electron chi connectivity index (χ4n) is 2.71. The van der Waals surface area contributed by atoms with Gasteiger partial charge in [-0.1, -0.05) is 36.0 Å². The molecule has 0 spiro atoms. The normalized spacial score (nSPS) is 12.0. The van der Waals surface area contributed by atoms with Crippen LogP contribution < -0.4 is 5.32 Å². The number of allylic oxidation sites excluding steroid dienone is 1. The zero-order valence-electron chi connectivity index (χ0n) is 15.6. The molecule has 3 rings (SSSR count). The highest BCUT2D eigenvalue weighted by Crippen LogP contribution is 2.28. The first-order valence-electron chi connectivity index (χ1n) is 8.63. The summed E-state index contributed by atoms with van der Waals surface area (Å²) in [4.78, 5) is 12.7. The Morgan fingerprint density at radius 1 is 1.30 bits per heavy atom. The first-order chi connectivity index (χ1) is 13.0. The van der Waals surface area contributed by atoms with Crippen molar-refractivity contribution in [3.8, 4) is 11.6 Å². The molecule has 1 unspecified atom stereocenters. The maximum atomic E-state index is 12.7. The number of carbonyl (C=O) groups excluding carboxylic acids is 1. The van der Waals surface area contributed by atoms with Crippen molar-refractivity contribution in [3.63, 3.8) is 0 Å². The highest BCUT2D eigenvalue weighted by atomic mass is 32.2. The number of anilines is 1. The number of thioether (sulfide) groups is 1. The molecule has 3 aromatic rings.